The lowest BCUT2D eigenvalue weighted by Crippen LogP contribution is -2.38. The molecule has 3 rings (SSSR count). The highest BCUT2D eigenvalue weighted by molar-refractivity contribution is 5.68. The SMILES string of the molecule is CC(C)(C)OC(=O)N1CCc2cnc(C(C)(C)c3ccccc3)nc2CC1. The van der Waals surface area contributed by atoms with Crippen LogP contribution in [-0.2, 0) is 23.0 Å². The third kappa shape index (κ3) is 4.46. The number of hydrogen-bond donors (Lipinski definition) is 0. The number of carbonyl (C=O) groups excluding carboxylic acids is 1. The van der Waals surface area contributed by atoms with E-state index in [0.29, 0.717) is 13.1 Å². The second kappa shape index (κ2) is 7.29. The Morgan fingerprint density at radius 2 is 1.70 bits per heavy atom. The summed E-state index contributed by atoms with van der Waals surface area (Å²) < 4.78 is 5.52. The highest BCUT2D eigenvalue weighted by Gasteiger charge is 2.29. The van der Waals surface area contributed by atoms with Crippen LogP contribution in [0.15, 0.2) is 36.5 Å². The third-order valence-corrected chi connectivity index (χ3v) is 4.93. The van der Waals surface area contributed by atoms with Gasteiger partial charge in [-0.1, -0.05) is 30.3 Å². The fourth-order valence-corrected chi connectivity index (χ4v) is 3.27. The van der Waals surface area contributed by atoms with Crippen LogP contribution in [0, 0.1) is 0 Å². The minimum atomic E-state index is -0.483. The van der Waals surface area contributed by atoms with Crippen LogP contribution < -0.4 is 0 Å². The fraction of sp³-hybridized carbons (Fsp3) is 0.500. The molecule has 0 atom stereocenters. The molecule has 2 heterocycles. The molecule has 1 amide bonds. The molecule has 27 heavy (non-hydrogen) atoms. The lowest BCUT2D eigenvalue weighted by Gasteiger charge is -2.26. The van der Waals surface area contributed by atoms with Crippen molar-refractivity contribution < 1.29 is 9.53 Å². The summed E-state index contributed by atoms with van der Waals surface area (Å²) in [7, 11) is 0. The van der Waals surface area contributed by atoms with E-state index in [4.69, 9.17) is 9.72 Å². The number of amides is 1. The monoisotopic (exact) mass is 367 g/mol. The molecule has 1 aromatic heterocycles. The fourth-order valence-electron chi connectivity index (χ4n) is 3.27. The smallest absolute Gasteiger partial charge is 0.410 e. The minimum Gasteiger partial charge on any atom is -0.444 e. The Morgan fingerprint density at radius 3 is 2.37 bits per heavy atom. The van der Waals surface area contributed by atoms with E-state index in [1.165, 1.54) is 5.56 Å². The van der Waals surface area contributed by atoms with Crippen molar-refractivity contribution >= 4 is 6.09 Å². The molecule has 1 aliphatic heterocycles. The van der Waals surface area contributed by atoms with Gasteiger partial charge >= 0.3 is 6.09 Å². The molecule has 144 valence electrons. The zero-order chi connectivity index (χ0) is 19.7. The van der Waals surface area contributed by atoms with Gasteiger partial charge in [0.15, 0.2) is 0 Å². The van der Waals surface area contributed by atoms with Gasteiger partial charge in [0.2, 0.25) is 0 Å². The first kappa shape index (κ1) is 19.3. The van der Waals surface area contributed by atoms with Gasteiger partial charge in [-0.15, -0.1) is 0 Å². The van der Waals surface area contributed by atoms with Gasteiger partial charge in [0.25, 0.3) is 0 Å². The molecule has 0 unspecified atom stereocenters. The van der Waals surface area contributed by atoms with Crippen molar-refractivity contribution in [1.29, 1.82) is 0 Å². The first-order valence-electron chi connectivity index (χ1n) is 9.55. The number of benzene rings is 1. The van der Waals surface area contributed by atoms with Crippen LogP contribution in [0.1, 0.15) is 57.3 Å². The van der Waals surface area contributed by atoms with Gasteiger partial charge in [-0.3, -0.25) is 0 Å². The average Bonchev–Trinajstić information content (AvgIpc) is 2.83. The second-order valence-electron chi connectivity index (χ2n) is 8.62. The van der Waals surface area contributed by atoms with E-state index >= 15 is 0 Å². The Balaban J connectivity index is 1.79. The number of aromatic nitrogens is 2. The summed E-state index contributed by atoms with van der Waals surface area (Å²) in [5, 5.41) is 0. The molecule has 0 bridgehead atoms. The Bertz CT molecular complexity index is 810. The molecular weight excluding hydrogens is 338 g/mol. The van der Waals surface area contributed by atoms with E-state index in [1.807, 2.05) is 45.2 Å². The van der Waals surface area contributed by atoms with Crippen LogP contribution in [0.4, 0.5) is 4.79 Å². The topological polar surface area (TPSA) is 55.3 Å². The molecule has 0 saturated carbocycles. The Kier molecular flexibility index (Phi) is 5.22. The highest BCUT2D eigenvalue weighted by Crippen LogP contribution is 2.29. The maximum Gasteiger partial charge on any atom is 0.410 e. The molecule has 0 fully saturated rings. The summed E-state index contributed by atoms with van der Waals surface area (Å²) in [5.74, 6) is 0.818. The Hall–Kier alpha value is -2.43. The van der Waals surface area contributed by atoms with Gasteiger partial charge in [-0.05, 0) is 52.2 Å². The van der Waals surface area contributed by atoms with Crippen molar-refractivity contribution in [2.45, 2.75) is 58.5 Å². The summed E-state index contributed by atoms with van der Waals surface area (Å²) >= 11 is 0. The summed E-state index contributed by atoms with van der Waals surface area (Å²) in [5.41, 5.74) is 2.59. The van der Waals surface area contributed by atoms with Gasteiger partial charge < -0.3 is 9.64 Å². The van der Waals surface area contributed by atoms with Crippen LogP contribution in [0.3, 0.4) is 0 Å². The van der Waals surface area contributed by atoms with Crippen molar-refractivity contribution in [1.82, 2.24) is 14.9 Å². The molecule has 0 saturated heterocycles. The lowest BCUT2D eigenvalue weighted by atomic mass is 9.83. The maximum atomic E-state index is 12.4. The normalized spacial score (nSPS) is 15.1. The number of rotatable bonds is 2. The minimum absolute atomic E-state index is 0.256. The number of carbonyl (C=O) groups is 1. The molecule has 2 aromatic rings. The predicted molar refractivity (Wildman–Crippen MR) is 106 cm³/mol. The van der Waals surface area contributed by atoms with E-state index in [0.717, 1.165) is 29.9 Å². The highest BCUT2D eigenvalue weighted by atomic mass is 16.6. The Labute approximate surface area is 161 Å². The van der Waals surface area contributed by atoms with E-state index < -0.39 is 5.60 Å². The number of fused-ring (bicyclic) bond motifs is 1. The summed E-state index contributed by atoms with van der Waals surface area (Å²) in [6.45, 7) is 11.2. The van der Waals surface area contributed by atoms with E-state index in [9.17, 15) is 4.79 Å². The third-order valence-electron chi connectivity index (χ3n) is 4.93. The van der Waals surface area contributed by atoms with Crippen LogP contribution in [0.5, 0.6) is 0 Å². The molecule has 5 nitrogen and oxygen atoms in total. The van der Waals surface area contributed by atoms with Crippen molar-refractivity contribution in [3.05, 3.63) is 59.2 Å². The van der Waals surface area contributed by atoms with Crippen molar-refractivity contribution in [3.8, 4) is 0 Å². The molecule has 1 aromatic carbocycles. The molecule has 1 aliphatic rings. The lowest BCUT2D eigenvalue weighted by molar-refractivity contribution is 0.0258. The molecule has 0 N–H and O–H groups in total. The first-order valence-corrected chi connectivity index (χ1v) is 9.55. The quantitative estimate of drug-likeness (QED) is 0.800. The van der Waals surface area contributed by atoms with Crippen LogP contribution in [0.2, 0.25) is 0 Å². The van der Waals surface area contributed by atoms with Gasteiger partial charge in [0.05, 0.1) is 0 Å². The summed E-state index contributed by atoms with van der Waals surface area (Å²) in [4.78, 5) is 23.7. The van der Waals surface area contributed by atoms with Gasteiger partial charge in [-0.2, -0.15) is 0 Å². The van der Waals surface area contributed by atoms with E-state index in [2.05, 4.69) is 31.0 Å². The Morgan fingerprint density at radius 1 is 1.04 bits per heavy atom. The molecule has 0 aliphatic carbocycles. The summed E-state index contributed by atoms with van der Waals surface area (Å²) in [6.07, 6.45) is 3.14. The van der Waals surface area contributed by atoms with Gasteiger partial charge in [0.1, 0.15) is 11.4 Å². The zero-order valence-corrected chi connectivity index (χ0v) is 17.0. The average molecular weight is 367 g/mol. The summed E-state index contributed by atoms with van der Waals surface area (Å²) in [6, 6.07) is 10.3. The second-order valence-corrected chi connectivity index (χ2v) is 8.62. The largest absolute Gasteiger partial charge is 0.444 e. The first-order chi connectivity index (χ1) is 12.7. The number of nitrogens with zero attached hydrogens (tertiary/aromatic N) is 3. The number of ether oxygens (including phenoxy) is 1. The predicted octanol–water partition coefficient (Wildman–Crippen LogP) is 4.14. The zero-order valence-electron chi connectivity index (χ0n) is 17.0. The van der Waals surface area contributed by atoms with E-state index in [1.54, 1.807) is 4.90 Å². The van der Waals surface area contributed by atoms with Crippen LogP contribution >= 0.6 is 0 Å². The van der Waals surface area contributed by atoms with Crippen molar-refractivity contribution in [2.24, 2.45) is 0 Å². The molecule has 0 radical (unpaired) electrons. The van der Waals surface area contributed by atoms with E-state index in [-0.39, 0.29) is 11.5 Å². The van der Waals surface area contributed by atoms with Crippen molar-refractivity contribution in [3.63, 3.8) is 0 Å². The van der Waals surface area contributed by atoms with Crippen LogP contribution in [-0.4, -0.2) is 39.7 Å². The standard InChI is InChI=1S/C22H29N3O2/c1-21(2,3)27-20(26)25-13-11-16-15-23-19(24-18(16)12-14-25)22(4,5)17-9-7-6-8-10-17/h6-10,15H,11-14H2,1-5H3. The van der Waals surface area contributed by atoms with Gasteiger partial charge in [-0.25, -0.2) is 14.8 Å². The number of hydrogen-bond acceptors (Lipinski definition) is 4. The van der Waals surface area contributed by atoms with Gasteiger partial charge in [0, 0.05) is 36.8 Å². The molecule has 5 heteroatoms. The van der Waals surface area contributed by atoms with Crippen LogP contribution in [0.25, 0.3) is 0 Å². The molecular formula is C22H29N3O2. The molecule has 0 spiro atoms. The maximum absolute atomic E-state index is 12.4. The van der Waals surface area contributed by atoms with Crippen molar-refractivity contribution in [2.75, 3.05) is 13.1 Å².